The van der Waals surface area contributed by atoms with Crippen LogP contribution in [0.1, 0.15) is 5.56 Å². The second kappa shape index (κ2) is 5.11. The van der Waals surface area contributed by atoms with Gasteiger partial charge in [0.25, 0.3) is 5.91 Å². The summed E-state index contributed by atoms with van der Waals surface area (Å²) in [6.07, 6.45) is 1.37. The first-order valence-electron chi connectivity index (χ1n) is 4.98. The molecule has 0 aliphatic carbocycles. The summed E-state index contributed by atoms with van der Waals surface area (Å²) >= 11 is 0. The highest BCUT2D eigenvalue weighted by Crippen LogP contribution is 2.19. The fourth-order valence-electron chi connectivity index (χ4n) is 1.33. The topological polar surface area (TPSA) is 77.0 Å². The number of hydroxylamine groups is 1. The van der Waals surface area contributed by atoms with Crippen molar-refractivity contribution in [1.29, 1.82) is 0 Å². The van der Waals surface area contributed by atoms with Gasteiger partial charge < -0.3 is 9.57 Å². The number of hydrogen-bond acceptors (Lipinski definition) is 4. The first-order chi connectivity index (χ1) is 8.25. The Morgan fingerprint density at radius 2 is 2.06 bits per heavy atom. The van der Waals surface area contributed by atoms with Crippen molar-refractivity contribution in [2.24, 2.45) is 4.99 Å². The Labute approximate surface area is 97.2 Å². The maximum Gasteiger partial charge on any atom is 0.433 e. The van der Waals surface area contributed by atoms with Crippen molar-refractivity contribution in [3.63, 3.8) is 0 Å². The zero-order chi connectivity index (χ0) is 12.1. The van der Waals surface area contributed by atoms with Gasteiger partial charge >= 0.3 is 6.09 Å². The van der Waals surface area contributed by atoms with Gasteiger partial charge in [-0.2, -0.15) is 10.5 Å². The van der Waals surface area contributed by atoms with Crippen LogP contribution in [0.4, 0.5) is 4.79 Å². The molecule has 1 N–H and O–H groups in total. The Morgan fingerprint density at radius 1 is 1.24 bits per heavy atom. The summed E-state index contributed by atoms with van der Waals surface area (Å²) in [6.45, 7) is 0.346. The van der Waals surface area contributed by atoms with Crippen molar-refractivity contribution in [3.05, 3.63) is 29.8 Å². The van der Waals surface area contributed by atoms with Gasteiger partial charge in [0.05, 0.1) is 6.42 Å². The Hall–Kier alpha value is -2.37. The lowest BCUT2D eigenvalue weighted by Gasteiger charge is -2.15. The van der Waals surface area contributed by atoms with Crippen LogP contribution in [-0.4, -0.2) is 24.8 Å². The number of amides is 2. The maximum atomic E-state index is 10.8. The summed E-state index contributed by atoms with van der Waals surface area (Å²) < 4.78 is 4.29. The van der Waals surface area contributed by atoms with Crippen molar-refractivity contribution in [1.82, 2.24) is 5.48 Å². The van der Waals surface area contributed by atoms with E-state index in [1.807, 2.05) is 24.3 Å². The molecule has 0 bridgehead atoms. The van der Waals surface area contributed by atoms with Gasteiger partial charge in [-0.3, -0.25) is 4.79 Å². The Morgan fingerprint density at radius 3 is 2.71 bits per heavy atom. The van der Waals surface area contributed by atoms with Crippen molar-refractivity contribution < 1.29 is 19.2 Å². The number of aliphatic imine (C=N–C) groups is 1. The van der Waals surface area contributed by atoms with Gasteiger partial charge in [-0.15, -0.1) is 0 Å². The molecule has 0 saturated heterocycles. The van der Waals surface area contributed by atoms with Crippen LogP contribution in [0.15, 0.2) is 29.3 Å². The number of para-hydroxylation sites is 1. The summed E-state index contributed by atoms with van der Waals surface area (Å²) in [5.41, 5.74) is 3.24. The van der Waals surface area contributed by atoms with Crippen molar-refractivity contribution >= 4 is 18.2 Å². The van der Waals surface area contributed by atoms with Gasteiger partial charge in [0, 0.05) is 11.8 Å². The largest absolute Gasteiger partial charge is 0.442 e. The predicted molar refractivity (Wildman–Crippen MR) is 58.8 cm³/mol. The molecule has 2 amide bonds. The second-order valence-corrected chi connectivity index (χ2v) is 3.30. The maximum absolute atomic E-state index is 10.8. The van der Waals surface area contributed by atoms with E-state index in [9.17, 15) is 9.59 Å². The monoisotopic (exact) mass is 234 g/mol. The molecule has 1 aromatic carbocycles. The molecule has 1 aromatic rings. The fraction of sp³-hybridized carbons (Fsp3) is 0.182. The minimum atomic E-state index is -0.477. The van der Waals surface area contributed by atoms with Crippen LogP contribution >= 0.6 is 0 Å². The van der Waals surface area contributed by atoms with Crippen LogP contribution in [0.5, 0.6) is 5.75 Å². The average Bonchev–Trinajstić information content (AvgIpc) is 2.81. The highest BCUT2D eigenvalue weighted by atomic mass is 16.7. The van der Waals surface area contributed by atoms with E-state index in [1.54, 1.807) is 0 Å². The zero-order valence-corrected chi connectivity index (χ0v) is 8.88. The molecule has 0 spiro atoms. The van der Waals surface area contributed by atoms with E-state index in [-0.39, 0.29) is 5.91 Å². The number of nitrogens with one attached hydrogen (secondary N) is 1. The van der Waals surface area contributed by atoms with Crippen LogP contribution < -0.4 is 10.3 Å². The molecular formula is C11H10N2O4. The van der Waals surface area contributed by atoms with E-state index in [0.29, 0.717) is 13.0 Å². The third kappa shape index (κ3) is 3.04. The van der Waals surface area contributed by atoms with E-state index < -0.39 is 6.09 Å². The lowest BCUT2D eigenvalue weighted by molar-refractivity contribution is -0.128. The number of ether oxygens (including phenoxy) is 1. The average molecular weight is 234 g/mol. The number of carbonyl (C=O) groups is 2. The van der Waals surface area contributed by atoms with Crippen LogP contribution in [0.25, 0.3) is 0 Å². The molecule has 17 heavy (non-hydrogen) atoms. The van der Waals surface area contributed by atoms with E-state index >= 15 is 0 Å². The Bertz CT molecular complexity index is 470. The summed E-state index contributed by atoms with van der Waals surface area (Å²) in [5, 5.41) is 0. The van der Waals surface area contributed by atoms with Crippen LogP contribution in [-0.2, 0) is 16.0 Å². The minimum Gasteiger partial charge on any atom is -0.442 e. The summed E-state index contributed by atoms with van der Waals surface area (Å²) in [4.78, 5) is 28.8. The highest BCUT2D eigenvalue weighted by molar-refractivity contribution is 5.85. The van der Waals surface area contributed by atoms with E-state index in [4.69, 9.17) is 4.84 Å². The lowest BCUT2D eigenvalue weighted by Crippen LogP contribution is -2.32. The van der Waals surface area contributed by atoms with Gasteiger partial charge in [0.15, 0.2) is 5.75 Å². The lowest BCUT2D eigenvalue weighted by atomic mass is 10.1. The number of cyclic esters (lactones) is 1. The van der Waals surface area contributed by atoms with Gasteiger partial charge in [-0.1, -0.05) is 18.2 Å². The van der Waals surface area contributed by atoms with E-state index in [1.165, 1.54) is 6.21 Å². The molecule has 0 aromatic heterocycles. The molecule has 3 rings (SSSR count). The number of rotatable bonds is 0. The smallest absolute Gasteiger partial charge is 0.433 e. The second-order valence-electron chi connectivity index (χ2n) is 3.30. The number of benzene rings is 1. The van der Waals surface area contributed by atoms with Gasteiger partial charge in [-0.05, 0) is 6.07 Å². The third-order valence-electron chi connectivity index (χ3n) is 2.08. The van der Waals surface area contributed by atoms with Gasteiger partial charge in [-0.25, -0.2) is 4.79 Å². The first kappa shape index (κ1) is 11.1. The van der Waals surface area contributed by atoms with Gasteiger partial charge in [0.1, 0.15) is 6.61 Å². The SMILES string of the molecule is O=C1Cc2ccccc2ON1.O=C1N=CCO1. The molecule has 2 aliphatic heterocycles. The molecule has 2 aliphatic rings. The molecule has 0 atom stereocenters. The van der Waals surface area contributed by atoms with Gasteiger partial charge in [0.2, 0.25) is 0 Å². The van der Waals surface area contributed by atoms with Crippen LogP contribution in [0.2, 0.25) is 0 Å². The Balaban J connectivity index is 0.000000153. The van der Waals surface area contributed by atoms with Crippen LogP contribution in [0, 0.1) is 0 Å². The number of carbonyl (C=O) groups excluding carboxylic acids is 2. The third-order valence-corrected chi connectivity index (χ3v) is 2.08. The fourth-order valence-corrected chi connectivity index (χ4v) is 1.33. The summed E-state index contributed by atoms with van der Waals surface area (Å²) in [6, 6.07) is 7.47. The molecule has 88 valence electrons. The quantitative estimate of drug-likeness (QED) is 0.722. The van der Waals surface area contributed by atoms with Crippen molar-refractivity contribution in [2.45, 2.75) is 6.42 Å². The summed E-state index contributed by atoms with van der Waals surface area (Å²) in [5.74, 6) is 0.649. The van der Waals surface area contributed by atoms with Crippen molar-refractivity contribution in [3.8, 4) is 5.75 Å². The highest BCUT2D eigenvalue weighted by Gasteiger charge is 2.14. The molecule has 6 nitrogen and oxygen atoms in total. The van der Waals surface area contributed by atoms with Crippen molar-refractivity contribution in [2.75, 3.05) is 6.61 Å². The van der Waals surface area contributed by atoms with E-state index in [2.05, 4.69) is 15.2 Å². The Kier molecular flexibility index (Phi) is 3.34. The first-order valence-corrected chi connectivity index (χ1v) is 4.98. The molecule has 6 heteroatoms. The number of hydrogen-bond donors (Lipinski definition) is 1. The minimum absolute atomic E-state index is 0.0938. The number of nitrogens with zero attached hydrogens (tertiary/aromatic N) is 1. The zero-order valence-electron chi connectivity index (χ0n) is 8.88. The molecule has 2 heterocycles. The molecule has 0 unspecified atom stereocenters. The standard InChI is InChI=1S/C8H7NO2.C3H3NO2/c10-8-5-6-3-1-2-4-7(6)11-9-8;5-3-4-1-2-6-3/h1-4H,5H2,(H,9,10);1H,2H2. The summed E-state index contributed by atoms with van der Waals surface area (Å²) in [7, 11) is 0. The molecule has 0 radical (unpaired) electrons. The normalized spacial score (nSPS) is 16.0. The van der Waals surface area contributed by atoms with Crippen LogP contribution in [0.3, 0.4) is 0 Å². The number of fused-ring (bicyclic) bond motifs is 1. The molecule has 0 saturated carbocycles. The predicted octanol–water partition coefficient (Wildman–Crippen LogP) is 0.860. The molecule has 0 fully saturated rings. The molecular weight excluding hydrogens is 224 g/mol. The van der Waals surface area contributed by atoms with E-state index in [0.717, 1.165) is 11.3 Å².